The zero-order valence-corrected chi connectivity index (χ0v) is 16.1. The molecule has 0 aliphatic heterocycles. The first-order chi connectivity index (χ1) is 13.6. The van der Waals surface area contributed by atoms with Gasteiger partial charge in [-0.15, -0.1) is 0 Å². The number of ether oxygens (including phenoxy) is 2. The van der Waals surface area contributed by atoms with Gasteiger partial charge in [-0.2, -0.15) is 0 Å². The number of nitrogens with one attached hydrogen (secondary N) is 1. The van der Waals surface area contributed by atoms with Crippen LogP contribution in [0.15, 0.2) is 66.7 Å². The van der Waals surface area contributed by atoms with Crippen LogP contribution in [0.1, 0.15) is 21.5 Å². The van der Waals surface area contributed by atoms with Crippen LogP contribution in [0.25, 0.3) is 0 Å². The molecule has 0 heterocycles. The molecule has 0 saturated carbocycles. The van der Waals surface area contributed by atoms with Crippen molar-refractivity contribution in [2.45, 2.75) is 13.2 Å². The highest BCUT2D eigenvalue weighted by Gasteiger charge is 2.10. The van der Waals surface area contributed by atoms with Crippen molar-refractivity contribution < 1.29 is 19.4 Å². The largest absolute Gasteiger partial charge is 0.493 e. The summed E-state index contributed by atoms with van der Waals surface area (Å²) < 4.78 is 11.3. The lowest BCUT2D eigenvalue weighted by Gasteiger charge is -2.13. The van der Waals surface area contributed by atoms with E-state index in [4.69, 9.17) is 26.2 Å². The SMILES string of the molecule is COc1cc(CNc2ccc(Cl)c(C(=O)O)c2)ccc1OCc1ccccc1. The van der Waals surface area contributed by atoms with Crippen LogP contribution in [-0.4, -0.2) is 18.2 Å². The van der Waals surface area contributed by atoms with Crippen molar-refractivity contribution in [1.29, 1.82) is 0 Å². The summed E-state index contributed by atoms with van der Waals surface area (Å²) in [7, 11) is 1.60. The zero-order valence-electron chi connectivity index (χ0n) is 15.3. The Hall–Kier alpha value is -3.18. The second kappa shape index (κ2) is 9.15. The molecule has 0 fully saturated rings. The van der Waals surface area contributed by atoms with Crippen LogP contribution in [0.4, 0.5) is 5.69 Å². The van der Waals surface area contributed by atoms with Crippen molar-refractivity contribution in [3.05, 3.63) is 88.4 Å². The van der Waals surface area contributed by atoms with Gasteiger partial charge in [-0.1, -0.05) is 48.0 Å². The Morgan fingerprint density at radius 3 is 2.50 bits per heavy atom. The fourth-order valence-corrected chi connectivity index (χ4v) is 2.88. The summed E-state index contributed by atoms with van der Waals surface area (Å²) in [6.07, 6.45) is 0. The number of anilines is 1. The first kappa shape index (κ1) is 19.6. The van der Waals surface area contributed by atoms with Crippen LogP contribution in [-0.2, 0) is 13.2 Å². The molecule has 0 atom stereocenters. The van der Waals surface area contributed by atoms with Gasteiger partial charge in [0.2, 0.25) is 0 Å². The molecule has 0 saturated heterocycles. The maximum atomic E-state index is 11.2. The van der Waals surface area contributed by atoms with E-state index in [-0.39, 0.29) is 10.6 Å². The lowest BCUT2D eigenvalue weighted by Crippen LogP contribution is -2.03. The van der Waals surface area contributed by atoms with Gasteiger partial charge in [0.1, 0.15) is 6.61 Å². The lowest BCUT2D eigenvalue weighted by molar-refractivity contribution is 0.0697. The van der Waals surface area contributed by atoms with Crippen LogP contribution in [0.5, 0.6) is 11.5 Å². The number of methoxy groups -OCH3 is 1. The molecule has 0 bridgehead atoms. The van der Waals surface area contributed by atoms with Gasteiger partial charge >= 0.3 is 5.97 Å². The molecule has 0 amide bonds. The number of hydrogen-bond donors (Lipinski definition) is 2. The minimum Gasteiger partial charge on any atom is -0.493 e. The summed E-state index contributed by atoms with van der Waals surface area (Å²) in [5.41, 5.74) is 2.78. The molecule has 3 aromatic carbocycles. The molecule has 28 heavy (non-hydrogen) atoms. The van der Waals surface area contributed by atoms with E-state index in [0.29, 0.717) is 30.3 Å². The van der Waals surface area contributed by atoms with Crippen molar-refractivity contribution >= 4 is 23.3 Å². The van der Waals surface area contributed by atoms with Gasteiger partial charge in [-0.05, 0) is 41.5 Å². The minimum absolute atomic E-state index is 0.0638. The number of halogens is 1. The van der Waals surface area contributed by atoms with Crippen molar-refractivity contribution in [1.82, 2.24) is 0 Å². The molecule has 6 heteroatoms. The van der Waals surface area contributed by atoms with Gasteiger partial charge < -0.3 is 19.9 Å². The summed E-state index contributed by atoms with van der Waals surface area (Å²) in [5, 5.41) is 12.6. The predicted molar refractivity (Wildman–Crippen MR) is 110 cm³/mol. The van der Waals surface area contributed by atoms with E-state index in [9.17, 15) is 4.79 Å². The topological polar surface area (TPSA) is 67.8 Å². The number of carboxylic acid groups (broad SMARTS) is 1. The quantitative estimate of drug-likeness (QED) is 0.544. The van der Waals surface area contributed by atoms with E-state index < -0.39 is 5.97 Å². The summed E-state index contributed by atoms with van der Waals surface area (Å²) >= 11 is 5.90. The molecule has 0 aliphatic carbocycles. The third-order valence-electron chi connectivity index (χ3n) is 4.16. The number of carbonyl (C=O) groups is 1. The van der Waals surface area contributed by atoms with Gasteiger partial charge in [-0.3, -0.25) is 0 Å². The van der Waals surface area contributed by atoms with Gasteiger partial charge in [0.15, 0.2) is 11.5 Å². The van der Waals surface area contributed by atoms with Gasteiger partial charge in [0.25, 0.3) is 0 Å². The maximum absolute atomic E-state index is 11.2. The molecule has 5 nitrogen and oxygen atoms in total. The van der Waals surface area contributed by atoms with E-state index in [1.807, 2.05) is 48.5 Å². The molecule has 144 valence electrons. The molecule has 3 rings (SSSR count). The molecule has 0 radical (unpaired) electrons. The zero-order chi connectivity index (χ0) is 19.9. The number of benzene rings is 3. The first-order valence-electron chi connectivity index (χ1n) is 8.67. The number of hydrogen-bond acceptors (Lipinski definition) is 4. The van der Waals surface area contributed by atoms with E-state index in [0.717, 1.165) is 11.1 Å². The second-order valence-electron chi connectivity index (χ2n) is 6.11. The Kier molecular flexibility index (Phi) is 6.40. The summed E-state index contributed by atoms with van der Waals surface area (Å²) in [4.78, 5) is 11.2. The van der Waals surface area contributed by atoms with Crippen LogP contribution in [0.2, 0.25) is 5.02 Å². The molecule has 2 N–H and O–H groups in total. The normalized spacial score (nSPS) is 10.4. The van der Waals surface area contributed by atoms with E-state index in [2.05, 4.69) is 5.32 Å². The molecule has 0 aromatic heterocycles. The van der Waals surface area contributed by atoms with Crippen LogP contribution >= 0.6 is 11.6 Å². The van der Waals surface area contributed by atoms with Crippen molar-refractivity contribution in [2.75, 3.05) is 12.4 Å². The maximum Gasteiger partial charge on any atom is 0.337 e. The van der Waals surface area contributed by atoms with Crippen LogP contribution in [0.3, 0.4) is 0 Å². The fourth-order valence-electron chi connectivity index (χ4n) is 2.68. The number of aromatic carboxylic acids is 1. The summed E-state index contributed by atoms with van der Waals surface area (Å²) in [5.74, 6) is 0.238. The van der Waals surface area contributed by atoms with Crippen molar-refractivity contribution in [3.63, 3.8) is 0 Å². The average Bonchev–Trinajstić information content (AvgIpc) is 2.72. The van der Waals surface area contributed by atoms with Gasteiger partial charge in [0.05, 0.1) is 17.7 Å². The molecular formula is C22H20ClNO4. The Bertz CT molecular complexity index is 960. The average molecular weight is 398 g/mol. The standard InChI is InChI=1S/C22H20ClNO4/c1-27-21-11-16(7-10-20(21)28-14-15-5-3-2-4-6-15)13-24-17-8-9-19(23)18(12-17)22(25)26/h2-12,24H,13-14H2,1H3,(H,25,26). The smallest absolute Gasteiger partial charge is 0.337 e. The highest BCUT2D eigenvalue weighted by Crippen LogP contribution is 2.29. The number of rotatable bonds is 8. The van der Waals surface area contributed by atoms with Crippen LogP contribution in [0, 0.1) is 0 Å². The Balaban J connectivity index is 1.67. The molecule has 0 unspecified atom stereocenters. The Labute approximate surface area is 168 Å². The molecule has 3 aromatic rings. The van der Waals surface area contributed by atoms with E-state index >= 15 is 0 Å². The van der Waals surface area contributed by atoms with E-state index in [1.54, 1.807) is 19.2 Å². The number of carboxylic acids is 1. The summed E-state index contributed by atoms with van der Waals surface area (Å²) in [6, 6.07) is 20.4. The highest BCUT2D eigenvalue weighted by molar-refractivity contribution is 6.33. The third-order valence-corrected chi connectivity index (χ3v) is 4.49. The lowest BCUT2D eigenvalue weighted by atomic mass is 10.1. The van der Waals surface area contributed by atoms with E-state index in [1.165, 1.54) is 6.07 Å². The Morgan fingerprint density at radius 2 is 1.79 bits per heavy atom. The highest BCUT2D eigenvalue weighted by atomic mass is 35.5. The van der Waals surface area contributed by atoms with Crippen molar-refractivity contribution in [2.24, 2.45) is 0 Å². The van der Waals surface area contributed by atoms with Crippen molar-refractivity contribution in [3.8, 4) is 11.5 Å². The minimum atomic E-state index is -1.06. The predicted octanol–water partition coefficient (Wildman–Crippen LogP) is 5.24. The molecule has 0 spiro atoms. The van der Waals surface area contributed by atoms with Gasteiger partial charge in [0, 0.05) is 12.2 Å². The second-order valence-corrected chi connectivity index (χ2v) is 6.52. The fraction of sp³-hybridized carbons (Fsp3) is 0.136. The van der Waals surface area contributed by atoms with Crippen LogP contribution < -0.4 is 14.8 Å². The third kappa shape index (κ3) is 4.96. The monoisotopic (exact) mass is 397 g/mol. The first-order valence-corrected chi connectivity index (χ1v) is 9.05. The van der Waals surface area contributed by atoms with Gasteiger partial charge in [-0.25, -0.2) is 4.79 Å². The molecular weight excluding hydrogens is 378 g/mol. The Morgan fingerprint density at radius 1 is 1.00 bits per heavy atom. The molecule has 0 aliphatic rings. The summed E-state index contributed by atoms with van der Waals surface area (Å²) in [6.45, 7) is 0.952.